The fourth-order valence-electron chi connectivity index (χ4n) is 3.22. The van der Waals surface area contributed by atoms with Gasteiger partial charge < -0.3 is 14.7 Å². The lowest BCUT2D eigenvalue weighted by Gasteiger charge is -2.02. The number of hydrogen-bond donors (Lipinski definition) is 2. The van der Waals surface area contributed by atoms with Crippen molar-refractivity contribution in [2.45, 2.75) is 6.54 Å². The molecule has 7 heteroatoms. The summed E-state index contributed by atoms with van der Waals surface area (Å²) in [5.74, 6) is -0.768. The van der Waals surface area contributed by atoms with Crippen LogP contribution in [0, 0.1) is 0 Å². The summed E-state index contributed by atoms with van der Waals surface area (Å²) in [6.07, 6.45) is 1.65. The van der Waals surface area contributed by atoms with Gasteiger partial charge in [-0.3, -0.25) is 9.59 Å². The summed E-state index contributed by atoms with van der Waals surface area (Å²) in [5.41, 5.74) is 1.24. The smallest absolute Gasteiger partial charge is 0.296 e. The van der Waals surface area contributed by atoms with Crippen LogP contribution < -0.4 is 5.56 Å². The molecule has 0 radical (unpaired) electrons. The van der Waals surface area contributed by atoms with Gasteiger partial charge >= 0.3 is 0 Å². The molecule has 0 saturated heterocycles. The van der Waals surface area contributed by atoms with Gasteiger partial charge in [-0.25, -0.2) is 0 Å². The van der Waals surface area contributed by atoms with E-state index in [4.69, 9.17) is 0 Å². The highest BCUT2D eigenvalue weighted by atomic mass is 16.3. The zero-order valence-electron chi connectivity index (χ0n) is 14.8. The van der Waals surface area contributed by atoms with Gasteiger partial charge in [0.1, 0.15) is 0 Å². The maximum Gasteiger partial charge on any atom is 0.296 e. The minimum atomic E-state index is -0.665. The van der Waals surface area contributed by atoms with Gasteiger partial charge in [-0.2, -0.15) is 0 Å². The first-order valence-electron chi connectivity index (χ1n) is 8.59. The largest absolute Gasteiger partial charge is 0.493 e. The Labute approximate surface area is 159 Å². The summed E-state index contributed by atoms with van der Waals surface area (Å²) < 4.78 is 1.63. The molecule has 28 heavy (non-hydrogen) atoms. The number of pyridine rings is 1. The second kappa shape index (κ2) is 6.96. The molecule has 2 N–H and O–H groups in total. The van der Waals surface area contributed by atoms with Crippen LogP contribution in [0.15, 0.2) is 82.3 Å². The summed E-state index contributed by atoms with van der Waals surface area (Å²) >= 11 is 0. The molecule has 2 aromatic carbocycles. The van der Waals surface area contributed by atoms with E-state index < -0.39 is 11.5 Å². The van der Waals surface area contributed by atoms with Crippen LogP contribution in [-0.2, 0) is 6.54 Å². The van der Waals surface area contributed by atoms with Crippen LogP contribution in [0.5, 0.6) is 5.88 Å². The number of para-hydroxylation sites is 2. The van der Waals surface area contributed by atoms with Crippen molar-refractivity contribution in [1.82, 2.24) is 9.55 Å². The van der Waals surface area contributed by atoms with Gasteiger partial charge in [0.15, 0.2) is 5.69 Å². The second-order valence-electron chi connectivity index (χ2n) is 6.19. The average Bonchev–Trinajstić information content (AvgIpc) is 2.97. The number of nitrogens with one attached hydrogen (secondary N) is 1. The number of aromatic hydroxyl groups is 1. The Morgan fingerprint density at radius 1 is 1.14 bits per heavy atom. The van der Waals surface area contributed by atoms with E-state index in [9.17, 15) is 14.7 Å². The van der Waals surface area contributed by atoms with Crippen LogP contribution in [0.3, 0.4) is 0 Å². The fraction of sp³-hybridized carbons (Fsp3) is 0.0476. The molecule has 0 bridgehead atoms. The van der Waals surface area contributed by atoms with E-state index in [-0.39, 0.29) is 17.1 Å². The van der Waals surface area contributed by atoms with Crippen molar-refractivity contribution in [2.75, 3.05) is 0 Å². The number of hydrogen-bond acceptors (Lipinski definition) is 4. The average molecular weight is 372 g/mol. The van der Waals surface area contributed by atoms with E-state index in [2.05, 4.69) is 21.8 Å². The Bertz CT molecular complexity index is 1310. The Kier molecular flexibility index (Phi) is 4.33. The zero-order valence-corrected chi connectivity index (χ0v) is 14.8. The highest BCUT2D eigenvalue weighted by Gasteiger charge is 2.17. The molecule has 0 aliphatic heterocycles. The van der Waals surface area contributed by atoms with Crippen molar-refractivity contribution >= 4 is 33.4 Å². The van der Waals surface area contributed by atoms with Gasteiger partial charge in [-0.1, -0.05) is 42.5 Å². The van der Waals surface area contributed by atoms with E-state index in [0.29, 0.717) is 22.8 Å². The van der Waals surface area contributed by atoms with E-state index in [1.807, 2.05) is 18.2 Å². The standard InChI is InChI=1S/C21H16N4O3/c1-2-11-25-17-10-6-4-8-14(17)19(21(25)28)23-24-20(27)15-12-18(26)22-16-9-5-3-7-13(15)16/h2-10,12,28H,1,11H2,(H,22,26). The van der Waals surface area contributed by atoms with Crippen molar-refractivity contribution in [3.63, 3.8) is 0 Å². The number of fused-ring (bicyclic) bond motifs is 2. The molecule has 2 heterocycles. The lowest BCUT2D eigenvalue weighted by molar-refractivity contribution is 0.0996. The number of benzene rings is 2. The molecule has 4 rings (SSSR count). The molecule has 0 saturated carbocycles. The predicted octanol–water partition coefficient (Wildman–Crippen LogP) is 4.30. The third-order valence-corrected chi connectivity index (χ3v) is 4.45. The molecule has 0 aliphatic carbocycles. The van der Waals surface area contributed by atoms with Crippen molar-refractivity contribution in [1.29, 1.82) is 0 Å². The SMILES string of the molecule is C=CCn1c(O)c(N=NC(=O)c2cc(=O)[nH]c3ccccc23)c2ccccc21. The monoisotopic (exact) mass is 372 g/mol. The van der Waals surface area contributed by atoms with E-state index in [0.717, 1.165) is 5.52 Å². The lowest BCUT2D eigenvalue weighted by Crippen LogP contribution is -2.09. The summed E-state index contributed by atoms with van der Waals surface area (Å²) in [4.78, 5) is 27.2. The lowest BCUT2D eigenvalue weighted by atomic mass is 10.1. The molecule has 0 atom stereocenters. The number of azo groups is 1. The normalized spacial score (nSPS) is 11.4. The molecule has 138 valence electrons. The fourth-order valence-corrected chi connectivity index (χ4v) is 3.22. The molecule has 0 unspecified atom stereocenters. The molecule has 1 amide bonds. The molecular weight excluding hydrogens is 356 g/mol. The minimum absolute atomic E-state index is 0.103. The summed E-state index contributed by atoms with van der Waals surface area (Å²) in [5, 5.41) is 19.6. The maximum atomic E-state index is 12.6. The predicted molar refractivity (Wildman–Crippen MR) is 107 cm³/mol. The van der Waals surface area contributed by atoms with Crippen molar-refractivity contribution in [2.24, 2.45) is 10.2 Å². The Morgan fingerprint density at radius 2 is 1.86 bits per heavy atom. The summed E-state index contributed by atoms with van der Waals surface area (Å²) in [6.45, 7) is 4.08. The van der Waals surface area contributed by atoms with Crippen LogP contribution in [0.4, 0.5) is 5.69 Å². The molecule has 0 aliphatic rings. The third-order valence-electron chi connectivity index (χ3n) is 4.45. The molecular formula is C21H16N4O3. The number of nitrogens with zero attached hydrogens (tertiary/aromatic N) is 3. The van der Waals surface area contributed by atoms with Crippen LogP contribution in [-0.4, -0.2) is 20.6 Å². The van der Waals surface area contributed by atoms with E-state index in [1.54, 1.807) is 41.0 Å². The number of allylic oxidation sites excluding steroid dienone is 1. The molecule has 4 aromatic rings. The molecule has 7 nitrogen and oxygen atoms in total. The number of rotatable bonds is 4. The van der Waals surface area contributed by atoms with Crippen molar-refractivity contribution in [3.05, 3.63) is 83.2 Å². The van der Waals surface area contributed by atoms with Gasteiger partial charge in [0.25, 0.3) is 5.91 Å². The number of H-pyrrole nitrogens is 1. The van der Waals surface area contributed by atoms with Gasteiger partial charge in [0.05, 0.1) is 11.1 Å². The first-order valence-corrected chi connectivity index (χ1v) is 8.59. The topological polar surface area (TPSA) is 99.8 Å². The molecule has 2 aromatic heterocycles. The van der Waals surface area contributed by atoms with Gasteiger partial charge in [-0.05, 0) is 12.1 Å². The van der Waals surface area contributed by atoms with E-state index in [1.165, 1.54) is 6.07 Å². The number of carbonyl (C=O) groups excluding carboxylic acids is 1. The minimum Gasteiger partial charge on any atom is -0.493 e. The quantitative estimate of drug-likeness (QED) is 0.413. The maximum absolute atomic E-state index is 12.6. The van der Waals surface area contributed by atoms with Crippen molar-refractivity contribution < 1.29 is 9.90 Å². The highest BCUT2D eigenvalue weighted by molar-refractivity contribution is 6.06. The highest BCUT2D eigenvalue weighted by Crippen LogP contribution is 2.38. The van der Waals surface area contributed by atoms with Crippen LogP contribution in [0.1, 0.15) is 10.4 Å². The summed E-state index contributed by atoms with van der Waals surface area (Å²) in [6, 6.07) is 15.4. The van der Waals surface area contributed by atoms with Gasteiger partial charge in [-0.15, -0.1) is 16.8 Å². The first kappa shape index (κ1) is 17.4. The number of amides is 1. The zero-order chi connectivity index (χ0) is 19.7. The second-order valence-corrected chi connectivity index (χ2v) is 6.19. The Morgan fingerprint density at radius 3 is 2.64 bits per heavy atom. The van der Waals surface area contributed by atoms with E-state index >= 15 is 0 Å². The van der Waals surface area contributed by atoms with Crippen LogP contribution >= 0.6 is 0 Å². The summed E-state index contributed by atoms with van der Waals surface area (Å²) in [7, 11) is 0. The number of aromatic amines is 1. The molecule has 0 fully saturated rings. The van der Waals surface area contributed by atoms with Crippen LogP contribution in [0.2, 0.25) is 0 Å². The van der Waals surface area contributed by atoms with Gasteiger partial charge in [0.2, 0.25) is 11.4 Å². The molecule has 0 spiro atoms. The van der Waals surface area contributed by atoms with Crippen molar-refractivity contribution in [3.8, 4) is 5.88 Å². The van der Waals surface area contributed by atoms with Gasteiger partial charge in [0, 0.05) is 28.9 Å². The van der Waals surface area contributed by atoms with Crippen LogP contribution in [0.25, 0.3) is 21.8 Å². The Hall–Kier alpha value is -4.00. The number of aromatic nitrogens is 2. The first-order chi connectivity index (χ1) is 13.6. The number of carbonyl (C=O) groups is 1. The Balaban J connectivity index is 1.81. The third kappa shape index (κ3) is 2.88.